The number of hydrogen-bond acceptors (Lipinski definition) is 2. The molecule has 0 fully saturated rings. The molecule has 1 N–H and O–H groups in total. The summed E-state index contributed by atoms with van der Waals surface area (Å²) in [4.78, 5) is 0. The summed E-state index contributed by atoms with van der Waals surface area (Å²) < 4.78 is 87.5. The molecule has 0 bridgehead atoms. The highest BCUT2D eigenvalue weighted by Crippen LogP contribution is 2.53. The molecule has 3 rings (SSSR count). The molecule has 2 nitrogen and oxygen atoms in total. The van der Waals surface area contributed by atoms with Crippen molar-refractivity contribution in [3.8, 4) is 11.5 Å². The van der Waals surface area contributed by atoms with E-state index < -0.39 is 38.0 Å². The van der Waals surface area contributed by atoms with Crippen molar-refractivity contribution < 1.29 is 23.6 Å². The highest BCUT2D eigenvalue weighted by atomic mass is 16.5. The van der Waals surface area contributed by atoms with Crippen LogP contribution in [0.4, 0.5) is 0 Å². The highest BCUT2D eigenvalue weighted by Gasteiger charge is 2.45. The zero-order chi connectivity index (χ0) is 25.0. The maximum Gasteiger partial charge on any atom is 0.127 e. The molecule has 1 aromatic carbocycles. The minimum atomic E-state index is -3.15. The molecule has 0 spiro atoms. The number of aryl methyl sites for hydroxylation is 1. The van der Waals surface area contributed by atoms with E-state index in [0.717, 1.165) is 25.3 Å². The van der Waals surface area contributed by atoms with Crippen molar-refractivity contribution in [2.45, 2.75) is 77.5 Å². The van der Waals surface area contributed by atoms with Gasteiger partial charge in [0.15, 0.2) is 0 Å². The summed E-state index contributed by atoms with van der Waals surface area (Å²) in [6, 6.07) is 2.96. The van der Waals surface area contributed by atoms with E-state index in [2.05, 4.69) is 0 Å². The number of allylic oxidation sites excluding steroid dienone is 2. The van der Waals surface area contributed by atoms with Gasteiger partial charge in [0, 0.05) is 31.1 Å². The van der Waals surface area contributed by atoms with Crippen LogP contribution >= 0.6 is 0 Å². The Morgan fingerprint density at radius 3 is 3.00 bits per heavy atom. The van der Waals surface area contributed by atoms with E-state index in [4.69, 9.17) is 17.1 Å². The minimum absolute atomic E-state index is 0.0574. The Hall–Kier alpha value is -1.44. The summed E-state index contributed by atoms with van der Waals surface area (Å²) in [6.07, 6.45) is 4.09. The summed E-state index contributed by atoms with van der Waals surface area (Å²) in [6.45, 7) is -6.79. The predicted molar refractivity (Wildman–Crippen MR) is 95.3 cm³/mol. The van der Waals surface area contributed by atoms with Crippen molar-refractivity contribution in [3.05, 3.63) is 34.9 Å². The van der Waals surface area contributed by atoms with Crippen molar-refractivity contribution in [1.29, 1.82) is 0 Å². The molecule has 2 atom stereocenters. The summed E-state index contributed by atoms with van der Waals surface area (Å²) in [5.41, 5.74) is -2.25. The molecule has 0 saturated carbocycles. The average molecular weight is 325 g/mol. The summed E-state index contributed by atoms with van der Waals surface area (Å²) >= 11 is 0. The number of phenols is 1. The van der Waals surface area contributed by atoms with Gasteiger partial charge in [0.2, 0.25) is 0 Å². The van der Waals surface area contributed by atoms with Gasteiger partial charge in [-0.25, -0.2) is 0 Å². The van der Waals surface area contributed by atoms with E-state index in [1.165, 1.54) is 12.1 Å². The number of unbranched alkanes of at least 4 members (excludes halogenated alkanes) is 2. The highest BCUT2D eigenvalue weighted by molar-refractivity contribution is 5.53. The molecule has 23 heavy (non-hydrogen) atoms. The first-order valence-corrected chi connectivity index (χ1v) is 8.26. The second-order valence-corrected chi connectivity index (χ2v) is 6.50. The van der Waals surface area contributed by atoms with E-state index in [9.17, 15) is 6.48 Å². The lowest BCUT2D eigenvalue weighted by molar-refractivity contribution is 0.0107. The van der Waals surface area contributed by atoms with Gasteiger partial charge < -0.3 is 9.84 Å². The third-order valence-electron chi connectivity index (χ3n) is 4.67. The number of ether oxygens (including phenoxy) is 1. The lowest BCUT2D eigenvalue weighted by Crippen LogP contribution is -2.45. The van der Waals surface area contributed by atoms with Crippen molar-refractivity contribution in [2.24, 2.45) is 5.92 Å². The molecule has 1 aliphatic heterocycles. The van der Waals surface area contributed by atoms with Crippen LogP contribution in [0.15, 0.2) is 23.8 Å². The van der Waals surface area contributed by atoms with Gasteiger partial charge in [0.1, 0.15) is 17.1 Å². The molecule has 0 radical (unpaired) electrons. The molecular formula is C21H30O2. The first-order chi connectivity index (χ1) is 15.0. The van der Waals surface area contributed by atoms with E-state index in [-0.39, 0.29) is 35.5 Å². The molecule has 2 aliphatic rings. The standard InChI is InChI=1S/C21H30O2/c1-5-6-7-8-15-12-18(22)20-16-11-14(2)9-10-17(16)21(3,4)23-19(20)13-15/h11-13,16-17,22H,5-10H2,1-4H3/t16-,17-/m1/s1/i2D3,3D3,4D3,16D. The third kappa shape index (κ3) is 3.13. The van der Waals surface area contributed by atoms with Crippen LogP contribution in [0.1, 0.15) is 90.3 Å². The predicted octanol–water partition coefficient (Wildman–Crippen LogP) is 5.74. The summed E-state index contributed by atoms with van der Waals surface area (Å²) in [5.74, 6) is -4.06. The number of hydrogen-bond donors (Lipinski definition) is 1. The topological polar surface area (TPSA) is 29.5 Å². The second kappa shape index (κ2) is 6.22. The van der Waals surface area contributed by atoms with Gasteiger partial charge in [0.05, 0.1) is 0 Å². The number of fused-ring (bicyclic) bond motifs is 3. The average Bonchev–Trinajstić information content (AvgIpc) is 2.63. The van der Waals surface area contributed by atoms with Crippen molar-refractivity contribution in [3.63, 3.8) is 0 Å². The van der Waals surface area contributed by atoms with Crippen LogP contribution in [0, 0.1) is 5.92 Å². The Morgan fingerprint density at radius 1 is 1.39 bits per heavy atom. The van der Waals surface area contributed by atoms with Gasteiger partial charge in [-0.2, -0.15) is 0 Å². The van der Waals surface area contributed by atoms with E-state index in [1.807, 2.05) is 6.92 Å². The van der Waals surface area contributed by atoms with Crippen molar-refractivity contribution in [1.82, 2.24) is 0 Å². The zero-order valence-electron chi connectivity index (χ0n) is 23.4. The Labute approximate surface area is 154 Å². The van der Waals surface area contributed by atoms with Crippen LogP contribution in [0.3, 0.4) is 0 Å². The monoisotopic (exact) mass is 324 g/mol. The molecule has 0 amide bonds. The van der Waals surface area contributed by atoms with E-state index in [1.54, 1.807) is 0 Å². The molecule has 1 aliphatic carbocycles. The lowest BCUT2D eigenvalue weighted by atomic mass is 9.68. The fourth-order valence-corrected chi connectivity index (χ4v) is 3.48. The van der Waals surface area contributed by atoms with Crippen LogP contribution in [-0.4, -0.2) is 10.7 Å². The minimum Gasteiger partial charge on any atom is -0.507 e. The molecule has 0 aromatic heterocycles. The van der Waals surface area contributed by atoms with Crippen LogP contribution < -0.4 is 4.74 Å². The molecule has 1 heterocycles. The quantitative estimate of drug-likeness (QED) is 0.565. The Kier molecular flexibility index (Phi) is 2.19. The van der Waals surface area contributed by atoms with Crippen molar-refractivity contribution in [2.75, 3.05) is 0 Å². The smallest absolute Gasteiger partial charge is 0.127 e. The fourth-order valence-electron chi connectivity index (χ4n) is 3.48. The number of benzene rings is 1. The maximum absolute atomic E-state index is 10.9. The SMILES string of the molecule is [2H]C([2H])([2H])C1=C[C@@]2([2H])c3c(O)cc(CCCCC)cc3OC(C([2H])([2H])[2H])(C([2H])([2H])[2H])[C@@H]2CC1. The van der Waals surface area contributed by atoms with Gasteiger partial charge in [-0.3, -0.25) is 0 Å². The molecular weight excluding hydrogens is 284 g/mol. The third-order valence-corrected chi connectivity index (χ3v) is 4.67. The molecule has 1 aromatic rings. The molecule has 0 saturated heterocycles. The zero-order valence-corrected chi connectivity index (χ0v) is 13.4. The van der Waals surface area contributed by atoms with Crippen LogP contribution in [0.2, 0.25) is 0 Å². The Bertz CT molecular complexity index is 915. The van der Waals surface area contributed by atoms with E-state index >= 15 is 0 Å². The van der Waals surface area contributed by atoms with Gasteiger partial charge in [-0.15, -0.1) is 0 Å². The normalized spacial score (nSPS) is 36.4. The maximum atomic E-state index is 10.9. The summed E-state index contributed by atoms with van der Waals surface area (Å²) in [7, 11) is 0. The van der Waals surface area contributed by atoms with E-state index in [0.29, 0.717) is 12.0 Å². The molecule has 0 unspecified atom stereocenters. The second-order valence-electron chi connectivity index (χ2n) is 6.50. The lowest BCUT2D eigenvalue weighted by Gasteiger charge is -2.46. The van der Waals surface area contributed by atoms with Gasteiger partial charge in [-0.05, 0) is 63.9 Å². The van der Waals surface area contributed by atoms with Gasteiger partial charge >= 0.3 is 0 Å². The van der Waals surface area contributed by atoms with Crippen molar-refractivity contribution >= 4 is 0 Å². The number of aromatic hydroxyl groups is 1. The van der Waals surface area contributed by atoms with Crippen LogP contribution in [0.5, 0.6) is 11.5 Å². The van der Waals surface area contributed by atoms with Gasteiger partial charge in [0.25, 0.3) is 0 Å². The number of rotatable bonds is 4. The van der Waals surface area contributed by atoms with Gasteiger partial charge in [-0.1, -0.05) is 31.4 Å². The number of phenolic OH excluding ortho intramolecular Hbond substituents is 1. The first kappa shape index (κ1) is 8.09. The fraction of sp³-hybridized carbons (Fsp3) is 0.619. The van der Waals surface area contributed by atoms with Crippen LogP contribution in [0.25, 0.3) is 0 Å². The Balaban J connectivity index is 2.33. The van der Waals surface area contributed by atoms with Crippen LogP contribution in [-0.2, 0) is 6.42 Å². The molecule has 2 heteroatoms. The largest absolute Gasteiger partial charge is 0.507 e. The molecule has 126 valence electrons. The first-order valence-electron chi connectivity index (χ1n) is 13.3. The Morgan fingerprint density at radius 2 is 2.26 bits per heavy atom. The summed E-state index contributed by atoms with van der Waals surface area (Å²) in [5, 5.41) is 10.9.